The Morgan fingerprint density at radius 2 is 1.85 bits per heavy atom. The molecule has 2 aromatic carbocycles. The fourth-order valence-corrected chi connectivity index (χ4v) is 3.34. The Labute approximate surface area is 152 Å². The third-order valence-electron chi connectivity index (χ3n) is 4.96. The molecule has 2 aliphatic rings. The van der Waals surface area contributed by atoms with Crippen molar-refractivity contribution in [1.82, 2.24) is 0 Å². The molecule has 1 heterocycles. The van der Waals surface area contributed by atoms with Gasteiger partial charge in [-0.2, -0.15) is 0 Å². The molecule has 5 heteroatoms. The van der Waals surface area contributed by atoms with E-state index in [2.05, 4.69) is 5.32 Å². The van der Waals surface area contributed by atoms with Gasteiger partial charge in [0.15, 0.2) is 5.78 Å². The predicted molar refractivity (Wildman–Crippen MR) is 99.6 cm³/mol. The molecule has 1 aliphatic carbocycles. The molecule has 0 saturated heterocycles. The molecule has 1 fully saturated rings. The summed E-state index contributed by atoms with van der Waals surface area (Å²) in [5, 5.41) is 2.84. The minimum atomic E-state index is -0.222. The fraction of sp³-hybridized carbons (Fsp3) is 0.286. The van der Waals surface area contributed by atoms with Crippen LogP contribution in [0.25, 0.3) is 0 Å². The summed E-state index contributed by atoms with van der Waals surface area (Å²) in [5.41, 5.74) is 3.67. The molecule has 1 saturated carbocycles. The molecular weight excluding hydrogens is 328 g/mol. The average molecular weight is 348 g/mol. The van der Waals surface area contributed by atoms with E-state index in [4.69, 9.17) is 0 Å². The van der Waals surface area contributed by atoms with Crippen LogP contribution in [0.15, 0.2) is 42.5 Å². The maximum Gasteiger partial charge on any atom is 0.255 e. The number of anilines is 2. The second-order valence-corrected chi connectivity index (χ2v) is 6.95. The Kier molecular flexibility index (Phi) is 4.07. The van der Waals surface area contributed by atoms with E-state index in [-0.39, 0.29) is 23.5 Å². The van der Waals surface area contributed by atoms with Crippen molar-refractivity contribution < 1.29 is 14.4 Å². The van der Waals surface area contributed by atoms with Crippen LogP contribution in [0.1, 0.15) is 46.0 Å². The number of fused-ring (bicyclic) bond motifs is 1. The molecule has 0 spiro atoms. The van der Waals surface area contributed by atoms with Crippen LogP contribution in [0.3, 0.4) is 0 Å². The normalized spacial score (nSPS) is 15.5. The fourth-order valence-electron chi connectivity index (χ4n) is 3.34. The van der Waals surface area contributed by atoms with Gasteiger partial charge in [0.25, 0.3) is 5.91 Å². The van der Waals surface area contributed by atoms with Gasteiger partial charge in [-0.3, -0.25) is 14.4 Å². The summed E-state index contributed by atoms with van der Waals surface area (Å²) in [6.07, 6.45) is 2.75. The maximum absolute atomic E-state index is 12.6. The molecule has 4 rings (SSSR count). The third kappa shape index (κ3) is 3.12. The van der Waals surface area contributed by atoms with Crippen LogP contribution in [0.2, 0.25) is 0 Å². The molecule has 0 atom stereocenters. The van der Waals surface area contributed by atoms with Gasteiger partial charge in [0.05, 0.1) is 0 Å². The highest BCUT2D eigenvalue weighted by atomic mass is 16.2. The Morgan fingerprint density at radius 3 is 2.58 bits per heavy atom. The lowest BCUT2D eigenvalue weighted by molar-refractivity contribution is -0.119. The van der Waals surface area contributed by atoms with E-state index in [1.807, 2.05) is 17.0 Å². The van der Waals surface area contributed by atoms with Gasteiger partial charge in [-0.15, -0.1) is 0 Å². The van der Waals surface area contributed by atoms with Crippen LogP contribution in [0.5, 0.6) is 0 Å². The summed E-state index contributed by atoms with van der Waals surface area (Å²) >= 11 is 0. The minimum absolute atomic E-state index is 0.0425. The van der Waals surface area contributed by atoms with Crippen molar-refractivity contribution in [3.8, 4) is 0 Å². The number of rotatable bonds is 4. The molecule has 1 aliphatic heterocycles. The molecule has 26 heavy (non-hydrogen) atoms. The SMILES string of the molecule is CC(=O)c1cccc(NC(=O)c2ccc3c(c2)CCN3C(=O)C2CC2)c1. The van der Waals surface area contributed by atoms with Crippen molar-refractivity contribution in [3.63, 3.8) is 0 Å². The number of carbonyl (C=O) groups is 3. The zero-order chi connectivity index (χ0) is 18.3. The van der Waals surface area contributed by atoms with Crippen molar-refractivity contribution in [3.05, 3.63) is 59.2 Å². The molecule has 2 aromatic rings. The number of ketones is 1. The zero-order valence-electron chi connectivity index (χ0n) is 14.6. The van der Waals surface area contributed by atoms with Crippen LogP contribution in [-0.2, 0) is 11.2 Å². The highest BCUT2D eigenvalue weighted by molar-refractivity contribution is 6.06. The topological polar surface area (TPSA) is 66.5 Å². The molecule has 0 aromatic heterocycles. The van der Waals surface area contributed by atoms with E-state index in [0.717, 1.165) is 30.5 Å². The first-order valence-electron chi connectivity index (χ1n) is 8.89. The first-order chi connectivity index (χ1) is 12.5. The second kappa shape index (κ2) is 6.41. The summed E-state index contributed by atoms with van der Waals surface area (Å²) < 4.78 is 0. The lowest BCUT2D eigenvalue weighted by Gasteiger charge is -2.17. The number of carbonyl (C=O) groups excluding carboxylic acids is 3. The molecule has 5 nitrogen and oxygen atoms in total. The number of Topliss-reactive ketones (excluding diaryl/α,β-unsaturated/α-hetero) is 1. The van der Waals surface area contributed by atoms with Gasteiger partial charge in [-0.25, -0.2) is 0 Å². The summed E-state index contributed by atoms with van der Waals surface area (Å²) in [5.74, 6) is 0.138. The smallest absolute Gasteiger partial charge is 0.255 e. The number of benzene rings is 2. The molecule has 0 radical (unpaired) electrons. The van der Waals surface area contributed by atoms with Crippen LogP contribution in [-0.4, -0.2) is 24.1 Å². The molecule has 0 unspecified atom stereocenters. The molecule has 1 N–H and O–H groups in total. The number of amides is 2. The van der Waals surface area contributed by atoms with E-state index in [0.29, 0.717) is 23.4 Å². The van der Waals surface area contributed by atoms with Gasteiger partial charge in [0.2, 0.25) is 5.91 Å². The Hall–Kier alpha value is -2.95. The van der Waals surface area contributed by atoms with Gasteiger partial charge in [0.1, 0.15) is 0 Å². The van der Waals surface area contributed by atoms with Crippen molar-refractivity contribution in [2.24, 2.45) is 5.92 Å². The Bertz CT molecular complexity index is 915. The number of nitrogens with zero attached hydrogens (tertiary/aromatic N) is 1. The lowest BCUT2D eigenvalue weighted by Crippen LogP contribution is -2.30. The van der Waals surface area contributed by atoms with Crippen molar-refractivity contribution in [1.29, 1.82) is 0 Å². The molecule has 2 amide bonds. The monoisotopic (exact) mass is 348 g/mol. The summed E-state index contributed by atoms with van der Waals surface area (Å²) in [6.45, 7) is 2.19. The molecule has 132 valence electrons. The van der Waals surface area contributed by atoms with Crippen LogP contribution in [0.4, 0.5) is 11.4 Å². The molecule has 0 bridgehead atoms. The molecular formula is C21H20N2O3. The highest BCUT2D eigenvalue weighted by Gasteiger charge is 2.36. The van der Waals surface area contributed by atoms with Gasteiger partial charge in [-0.1, -0.05) is 12.1 Å². The van der Waals surface area contributed by atoms with Gasteiger partial charge < -0.3 is 10.2 Å². The number of nitrogens with one attached hydrogen (secondary N) is 1. The number of hydrogen-bond donors (Lipinski definition) is 1. The minimum Gasteiger partial charge on any atom is -0.322 e. The first kappa shape index (κ1) is 16.5. The van der Waals surface area contributed by atoms with Gasteiger partial charge in [0, 0.05) is 35.0 Å². The zero-order valence-corrected chi connectivity index (χ0v) is 14.6. The summed E-state index contributed by atoms with van der Waals surface area (Å²) in [7, 11) is 0. The van der Waals surface area contributed by atoms with Crippen molar-refractivity contribution >= 4 is 29.0 Å². The predicted octanol–water partition coefficient (Wildman–Crippen LogP) is 3.44. The van der Waals surface area contributed by atoms with E-state index < -0.39 is 0 Å². The van der Waals surface area contributed by atoms with E-state index in [1.165, 1.54) is 6.92 Å². The first-order valence-corrected chi connectivity index (χ1v) is 8.89. The van der Waals surface area contributed by atoms with Crippen LogP contribution >= 0.6 is 0 Å². The van der Waals surface area contributed by atoms with Crippen molar-refractivity contribution in [2.45, 2.75) is 26.2 Å². The average Bonchev–Trinajstić information content (AvgIpc) is 3.40. The number of hydrogen-bond acceptors (Lipinski definition) is 3. The van der Waals surface area contributed by atoms with Gasteiger partial charge >= 0.3 is 0 Å². The van der Waals surface area contributed by atoms with Crippen LogP contribution < -0.4 is 10.2 Å². The third-order valence-corrected chi connectivity index (χ3v) is 4.96. The largest absolute Gasteiger partial charge is 0.322 e. The summed E-state index contributed by atoms with van der Waals surface area (Å²) in [4.78, 5) is 38.2. The van der Waals surface area contributed by atoms with Gasteiger partial charge in [-0.05, 0) is 62.1 Å². The second-order valence-electron chi connectivity index (χ2n) is 6.95. The lowest BCUT2D eigenvalue weighted by atomic mass is 10.1. The maximum atomic E-state index is 12.6. The standard InChI is InChI=1S/C21H20N2O3/c1-13(24)15-3-2-4-18(12-15)22-20(25)17-7-8-19-16(11-17)9-10-23(19)21(26)14-5-6-14/h2-4,7-8,11-12,14H,5-6,9-10H2,1H3,(H,22,25). The summed E-state index contributed by atoms with van der Waals surface area (Å²) in [6, 6.07) is 12.4. The van der Waals surface area contributed by atoms with E-state index in [9.17, 15) is 14.4 Å². The Morgan fingerprint density at radius 1 is 1.04 bits per heavy atom. The quantitative estimate of drug-likeness (QED) is 0.861. The van der Waals surface area contributed by atoms with Crippen molar-refractivity contribution in [2.75, 3.05) is 16.8 Å². The highest BCUT2D eigenvalue weighted by Crippen LogP contribution is 2.36. The van der Waals surface area contributed by atoms with E-state index in [1.54, 1.807) is 30.3 Å². The van der Waals surface area contributed by atoms with E-state index >= 15 is 0 Å². The van der Waals surface area contributed by atoms with Crippen LogP contribution in [0, 0.1) is 5.92 Å². The Balaban J connectivity index is 1.52.